The number of hydrogen-bond donors (Lipinski definition) is 0. The highest BCUT2D eigenvalue weighted by Crippen LogP contribution is 2.30. The summed E-state index contributed by atoms with van der Waals surface area (Å²) in [6.07, 6.45) is 10.6. The summed E-state index contributed by atoms with van der Waals surface area (Å²) < 4.78 is 5.86. The molecule has 1 fully saturated rings. The SMILES string of the molecule is CC1C=C2CCCCCC(C1)O2. The van der Waals surface area contributed by atoms with E-state index in [1.165, 1.54) is 44.3 Å². The van der Waals surface area contributed by atoms with Gasteiger partial charge in [0.25, 0.3) is 0 Å². The summed E-state index contributed by atoms with van der Waals surface area (Å²) in [6.45, 7) is 2.30. The maximum Gasteiger partial charge on any atom is 0.0987 e. The second kappa shape index (κ2) is 3.51. The van der Waals surface area contributed by atoms with Gasteiger partial charge in [0.1, 0.15) is 0 Å². The molecule has 0 amide bonds. The lowest BCUT2D eigenvalue weighted by molar-refractivity contribution is 0.0594. The third kappa shape index (κ3) is 1.82. The first-order valence-corrected chi connectivity index (χ1v) is 5.22. The summed E-state index contributed by atoms with van der Waals surface area (Å²) in [7, 11) is 0. The van der Waals surface area contributed by atoms with Gasteiger partial charge in [-0.25, -0.2) is 0 Å². The first-order valence-electron chi connectivity index (χ1n) is 5.22. The zero-order valence-corrected chi connectivity index (χ0v) is 7.88. The van der Waals surface area contributed by atoms with Crippen LogP contribution in [0.3, 0.4) is 0 Å². The van der Waals surface area contributed by atoms with Crippen molar-refractivity contribution in [1.29, 1.82) is 0 Å². The summed E-state index contributed by atoms with van der Waals surface area (Å²) in [5.74, 6) is 2.02. The van der Waals surface area contributed by atoms with Crippen LogP contribution in [0.25, 0.3) is 0 Å². The van der Waals surface area contributed by atoms with Crippen LogP contribution in [0.4, 0.5) is 0 Å². The summed E-state index contributed by atoms with van der Waals surface area (Å²) in [4.78, 5) is 0. The van der Waals surface area contributed by atoms with Crippen molar-refractivity contribution in [2.75, 3.05) is 0 Å². The van der Waals surface area contributed by atoms with E-state index in [-0.39, 0.29) is 0 Å². The van der Waals surface area contributed by atoms with Gasteiger partial charge in [-0.3, -0.25) is 0 Å². The van der Waals surface area contributed by atoms with Crippen molar-refractivity contribution in [2.24, 2.45) is 5.92 Å². The van der Waals surface area contributed by atoms with E-state index in [0.717, 1.165) is 5.92 Å². The fourth-order valence-electron chi connectivity index (χ4n) is 2.27. The van der Waals surface area contributed by atoms with Crippen LogP contribution >= 0.6 is 0 Å². The van der Waals surface area contributed by atoms with Crippen LogP contribution in [-0.4, -0.2) is 6.10 Å². The third-order valence-corrected chi connectivity index (χ3v) is 2.87. The molecule has 0 aromatic heterocycles. The Morgan fingerprint density at radius 2 is 2.25 bits per heavy atom. The Bertz CT molecular complexity index is 183. The van der Waals surface area contributed by atoms with E-state index in [2.05, 4.69) is 13.0 Å². The molecule has 0 aromatic rings. The summed E-state index contributed by atoms with van der Waals surface area (Å²) in [6, 6.07) is 0. The second-order valence-electron chi connectivity index (χ2n) is 4.19. The van der Waals surface area contributed by atoms with Gasteiger partial charge in [-0.15, -0.1) is 0 Å². The molecule has 68 valence electrons. The highest BCUT2D eigenvalue weighted by Gasteiger charge is 2.21. The Balaban J connectivity index is 2.06. The minimum absolute atomic E-state index is 0.542. The van der Waals surface area contributed by atoms with Gasteiger partial charge in [-0.2, -0.15) is 0 Å². The van der Waals surface area contributed by atoms with Gasteiger partial charge in [-0.05, 0) is 37.7 Å². The molecule has 0 radical (unpaired) electrons. The van der Waals surface area contributed by atoms with E-state index >= 15 is 0 Å². The second-order valence-corrected chi connectivity index (χ2v) is 4.19. The van der Waals surface area contributed by atoms with Crippen molar-refractivity contribution >= 4 is 0 Å². The molecule has 0 N–H and O–H groups in total. The van der Waals surface area contributed by atoms with Crippen molar-refractivity contribution in [3.63, 3.8) is 0 Å². The van der Waals surface area contributed by atoms with E-state index in [0.29, 0.717) is 6.10 Å². The Labute approximate surface area is 74.8 Å². The molecule has 0 spiro atoms. The first-order chi connectivity index (χ1) is 5.84. The molecule has 1 heteroatoms. The van der Waals surface area contributed by atoms with Crippen LogP contribution in [-0.2, 0) is 4.74 Å². The van der Waals surface area contributed by atoms with E-state index in [4.69, 9.17) is 4.74 Å². The van der Waals surface area contributed by atoms with Crippen LogP contribution in [0.2, 0.25) is 0 Å². The lowest BCUT2D eigenvalue weighted by Crippen LogP contribution is -2.22. The van der Waals surface area contributed by atoms with Crippen LogP contribution in [0.5, 0.6) is 0 Å². The van der Waals surface area contributed by atoms with Gasteiger partial charge in [0.05, 0.1) is 11.9 Å². The maximum absolute atomic E-state index is 5.86. The lowest BCUT2D eigenvalue weighted by Gasteiger charge is -2.30. The van der Waals surface area contributed by atoms with Gasteiger partial charge >= 0.3 is 0 Å². The molecular weight excluding hydrogens is 148 g/mol. The smallest absolute Gasteiger partial charge is 0.0987 e. The summed E-state index contributed by atoms with van der Waals surface area (Å²) in [5.41, 5.74) is 0. The zero-order chi connectivity index (χ0) is 8.39. The van der Waals surface area contributed by atoms with Crippen LogP contribution in [0.1, 0.15) is 45.4 Å². The molecule has 2 bridgehead atoms. The minimum Gasteiger partial charge on any atom is -0.495 e. The van der Waals surface area contributed by atoms with Crippen molar-refractivity contribution in [3.8, 4) is 0 Å². The van der Waals surface area contributed by atoms with Gasteiger partial charge in [0.2, 0.25) is 0 Å². The van der Waals surface area contributed by atoms with Crippen LogP contribution in [0.15, 0.2) is 11.8 Å². The number of ether oxygens (including phenoxy) is 1. The van der Waals surface area contributed by atoms with E-state index in [9.17, 15) is 0 Å². The average molecular weight is 166 g/mol. The van der Waals surface area contributed by atoms with Gasteiger partial charge in [-0.1, -0.05) is 13.3 Å². The van der Waals surface area contributed by atoms with Crippen LogP contribution in [0, 0.1) is 5.92 Å². The lowest BCUT2D eigenvalue weighted by atomic mass is 9.93. The molecule has 1 saturated heterocycles. The van der Waals surface area contributed by atoms with Gasteiger partial charge < -0.3 is 4.74 Å². The Morgan fingerprint density at radius 3 is 3.17 bits per heavy atom. The van der Waals surface area contributed by atoms with Crippen molar-refractivity contribution in [1.82, 2.24) is 0 Å². The monoisotopic (exact) mass is 166 g/mol. The van der Waals surface area contributed by atoms with E-state index in [1.807, 2.05) is 0 Å². The van der Waals surface area contributed by atoms with E-state index < -0.39 is 0 Å². The molecule has 0 saturated carbocycles. The highest BCUT2D eigenvalue weighted by atomic mass is 16.5. The molecule has 1 nitrogen and oxygen atoms in total. The molecule has 2 heterocycles. The molecule has 2 aliphatic rings. The summed E-state index contributed by atoms with van der Waals surface area (Å²) in [5, 5.41) is 0. The molecule has 12 heavy (non-hydrogen) atoms. The molecular formula is C11H18O. The maximum atomic E-state index is 5.86. The Kier molecular flexibility index (Phi) is 2.38. The third-order valence-electron chi connectivity index (χ3n) is 2.87. The quantitative estimate of drug-likeness (QED) is 0.536. The molecule has 2 atom stereocenters. The average Bonchev–Trinajstić information content (AvgIpc) is 2.00. The standard InChI is InChI=1S/C11H18O/c1-9-7-10-5-3-2-4-6-11(8-9)12-10/h7,9,11H,2-6,8H2,1H3. The minimum atomic E-state index is 0.542. The van der Waals surface area contributed by atoms with Crippen molar-refractivity contribution in [3.05, 3.63) is 11.8 Å². The number of hydrogen-bond acceptors (Lipinski definition) is 1. The molecule has 2 aliphatic heterocycles. The Hall–Kier alpha value is -0.460. The zero-order valence-electron chi connectivity index (χ0n) is 7.88. The predicted octanol–water partition coefficient (Wildman–Crippen LogP) is 3.26. The van der Waals surface area contributed by atoms with Gasteiger partial charge in [0, 0.05) is 6.42 Å². The van der Waals surface area contributed by atoms with Gasteiger partial charge in [0.15, 0.2) is 0 Å². The van der Waals surface area contributed by atoms with E-state index in [1.54, 1.807) is 0 Å². The highest BCUT2D eigenvalue weighted by molar-refractivity contribution is 5.01. The number of fused-ring (bicyclic) bond motifs is 2. The molecule has 2 rings (SSSR count). The first kappa shape index (κ1) is 8.15. The summed E-state index contributed by atoms with van der Waals surface area (Å²) >= 11 is 0. The molecule has 0 aromatic carbocycles. The molecule has 0 aliphatic carbocycles. The fraction of sp³-hybridized carbons (Fsp3) is 0.818. The number of allylic oxidation sites excluding steroid dienone is 2. The normalized spacial score (nSPS) is 35.9. The van der Waals surface area contributed by atoms with Crippen molar-refractivity contribution in [2.45, 2.75) is 51.6 Å². The largest absolute Gasteiger partial charge is 0.495 e. The Morgan fingerprint density at radius 1 is 1.33 bits per heavy atom. The van der Waals surface area contributed by atoms with Crippen molar-refractivity contribution < 1.29 is 4.74 Å². The number of rotatable bonds is 0. The fourth-order valence-corrected chi connectivity index (χ4v) is 2.27. The van der Waals surface area contributed by atoms with Crippen LogP contribution < -0.4 is 0 Å². The molecule has 2 unspecified atom stereocenters. The topological polar surface area (TPSA) is 9.23 Å². The predicted molar refractivity (Wildman–Crippen MR) is 49.8 cm³/mol.